The van der Waals surface area contributed by atoms with E-state index in [1.165, 1.54) is 12.1 Å². The molecule has 2 aromatic carbocycles. The van der Waals surface area contributed by atoms with Crippen LogP contribution < -0.4 is 4.72 Å². The zero-order valence-corrected chi connectivity index (χ0v) is 14.0. The lowest BCUT2D eigenvalue weighted by atomic mass is 10.1. The van der Waals surface area contributed by atoms with E-state index in [2.05, 4.69) is 4.72 Å². The Balaban J connectivity index is 0.00000116. The Morgan fingerprint density at radius 1 is 1.05 bits per heavy atom. The van der Waals surface area contributed by atoms with E-state index < -0.39 is 10.0 Å². The average molecular weight is 316 g/mol. The molecular weight excluding hydrogens is 296 g/mol. The molecule has 2 aromatic rings. The number of nitrogens with zero attached hydrogens (tertiary/aromatic N) is 1. The number of hydrogen-bond donors (Lipinski definition) is 1. The molecule has 0 spiro atoms. The van der Waals surface area contributed by atoms with Crippen LogP contribution in [0, 0.1) is 25.2 Å². The SMILES string of the molecule is CC.Cc1cc(C#N)cc(NS(=O)(=O)c2ccccc2)c1C. The molecule has 2 rings (SSSR count). The van der Waals surface area contributed by atoms with E-state index in [1.807, 2.05) is 33.8 Å². The van der Waals surface area contributed by atoms with Gasteiger partial charge >= 0.3 is 0 Å². The summed E-state index contributed by atoms with van der Waals surface area (Å²) < 4.78 is 27.1. The zero-order valence-electron chi connectivity index (χ0n) is 13.2. The van der Waals surface area contributed by atoms with Crippen molar-refractivity contribution in [3.8, 4) is 6.07 Å². The van der Waals surface area contributed by atoms with Gasteiger partial charge in [-0.3, -0.25) is 4.72 Å². The highest BCUT2D eigenvalue weighted by Gasteiger charge is 2.15. The summed E-state index contributed by atoms with van der Waals surface area (Å²) in [4.78, 5) is 0.194. The predicted molar refractivity (Wildman–Crippen MR) is 89.2 cm³/mol. The van der Waals surface area contributed by atoms with Gasteiger partial charge in [0, 0.05) is 0 Å². The van der Waals surface area contributed by atoms with Crippen LogP contribution in [0.5, 0.6) is 0 Å². The topological polar surface area (TPSA) is 70.0 Å². The average Bonchev–Trinajstić information content (AvgIpc) is 2.54. The van der Waals surface area contributed by atoms with Crippen LogP contribution in [0.25, 0.3) is 0 Å². The van der Waals surface area contributed by atoms with Gasteiger partial charge in [-0.2, -0.15) is 5.26 Å². The molecule has 0 atom stereocenters. The molecule has 0 saturated carbocycles. The van der Waals surface area contributed by atoms with Crippen LogP contribution in [0.15, 0.2) is 47.4 Å². The largest absolute Gasteiger partial charge is 0.279 e. The summed E-state index contributed by atoms with van der Waals surface area (Å²) in [5.74, 6) is 0. The maximum absolute atomic E-state index is 12.3. The van der Waals surface area contributed by atoms with Crippen LogP contribution in [0.3, 0.4) is 0 Å². The number of nitriles is 1. The molecule has 5 heteroatoms. The van der Waals surface area contributed by atoms with Gasteiger partial charge in [-0.15, -0.1) is 0 Å². The second-order valence-corrected chi connectivity index (χ2v) is 6.18. The molecule has 0 saturated heterocycles. The molecule has 0 aromatic heterocycles. The number of aryl methyl sites for hydroxylation is 1. The van der Waals surface area contributed by atoms with Gasteiger partial charge in [0.25, 0.3) is 10.0 Å². The summed E-state index contributed by atoms with van der Waals surface area (Å²) in [5, 5.41) is 8.97. The number of nitrogens with one attached hydrogen (secondary N) is 1. The summed E-state index contributed by atoms with van der Waals surface area (Å²) in [6.07, 6.45) is 0. The highest BCUT2D eigenvalue weighted by Crippen LogP contribution is 2.24. The van der Waals surface area contributed by atoms with Gasteiger partial charge in [0.05, 0.1) is 22.2 Å². The van der Waals surface area contributed by atoms with Crippen LogP contribution in [-0.2, 0) is 10.0 Å². The Labute approximate surface area is 132 Å². The third kappa shape index (κ3) is 4.09. The van der Waals surface area contributed by atoms with E-state index in [0.717, 1.165) is 11.1 Å². The van der Waals surface area contributed by atoms with E-state index in [-0.39, 0.29) is 4.90 Å². The molecule has 0 aliphatic carbocycles. The summed E-state index contributed by atoms with van der Waals surface area (Å²) in [6, 6.07) is 13.4. The predicted octanol–water partition coefficient (Wildman–Crippen LogP) is 4.00. The first-order valence-corrected chi connectivity index (χ1v) is 8.51. The maximum Gasteiger partial charge on any atom is 0.261 e. The van der Waals surface area contributed by atoms with E-state index in [1.54, 1.807) is 30.3 Å². The van der Waals surface area contributed by atoms with Crippen molar-refractivity contribution < 1.29 is 8.42 Å². The fourth-order valence-electron chi connectivity index (χ4n) is 1.83. The monoisotopic (exact) mass is 316 g/mol. The Morgan fingerprint density at radius 2 is 1.64 bits per heavy atom. The minimum absolute atomic E-state index is 0.194. The van der Waals surface area contributed by atoms with Crippen molar-refractivity contribution in [2.24, 2.45) is 0 Å². The molecule has 0 amide bonds. The van der Waals surface area contributed by atoms with Crippen molar-refractivity contribution in [1.29, 1.82) is 5.26 Å². The normalized spacial score (nSPS) is 10.1. The first-order chi connectivity index (χ1) is 10.4. The molecular formula is C17H20N2O2S. The molecule has 0 fully saturated rings. The fourth-order valence-corrected chi connectivity index (χ4v) is 2.97. The molecule has 0 radical (unpaired) electrons. The highest BCUT2D eigenvalue weighted by molar-refractivity contribution is 7.92. The van der Waals surface area contributed by atoms with E-state index in [9.17, 15) is 8.42 Å². The molecule has 0 unspecified atom stereocenters. The number of anilines is 1. The number of hydrogen-bond acceptors (Lipinski definition) is 3. The summed E-state index contributed by atoms with van der Waals surface area (Å²) in [6.45, 7) is 7.66. The molecule has 116 valence electrons. The van der Waals surface area contributed by atoms with Gasteiger partial charge < -0.3 is 0 Å². The van der Waals surface area contributed by atoms with E-state index >= 15 is 0 Å². The zero-order chi connectivity index (χ0) is 16.8. The molecule has 0 heterocycles. The Bertz CT molecular complexity index is 776. The molecule has 0 aliphatic heterocycles. The Hall–Kier alpha value is -2.32. The smallest absolute Gasteiger partial charge is 0.261 e. The van der Waals surface area contributed by atoms with Crippen molar-refractivity contribution in [2.75, 3.05) is 4.72 Å². The van der Waals surface area contributed by atoms with Crippen molar-refractivity contribution in [1.82, 2.24) is 0 Å². The van der Waals surface area contributed by atoms with Crippen LogP contribution in [0.4, 0.5) is 5.69 Å². The van der Waals surface area contributed by atoms with Gasteiger partial charge in [0.2, 0.25) is 0 Å². The van der Waals surface area contributed by atoms with Crippen molar-refractivity contribution in [3.05, 3.63) is 59.2 Å². The van der Waals surface area contributed by atoms with E-state index in [0.29, 0.717) is 11.3 Å². The third-order valence-corrected chi connectivity index (χ3v) is 4.48. The second-order valence-electron chi connectivity index (χ2n) is 4.50. The molecule has 4 nitrogen and oxygen atoms in total. The van der Waals surface area contributed by atoms with Crippen LogP contribution in [-0.4, -0.2) is 8.42 Å². The lowest BCUT2D eigenvalue weighted by Gasteiger charge is -2.12. The van der Waals surface area contributed by atoms with Crippen LogP contribution >= 0.6 is 0 Å². The van der Waals surface area contributed by atoms with Crippen molar-refractivity contribution in [3.63, 3.8) is 0 Å². The van der Waals surface area contributed by atoms with Crippen molar-refractivity contribution in [2.45, 2.75) is 32.6 Å². The summed E-state index contributed by atoms with van der Waals surface area (Å²) >= 11 is 0. The lowest BCUT2D eigenvalue weighted by molar-refractivity contribution is 0.601. The van der Waals surface area contributed by atoms with Crippen LogP contribution in [0.1, 0.15) is 30.5 Å². The fraction of sp³-hybridized carbons (Fsp3) is 0.235. The Kier molecular flexibility index (Phi) is 6.14. The maximum atomic E-state index is 12.3. The van der Waals surface area contributed by atoms with Crippen molar-refractivity contribution >= 4 is 15.7 Å². The quantitative estimate of drug-likeness (QED) is 0.930. The molecule has 1 N–H and O–H groups in total. The van der Waals surface area contributed by atoms with Gasteiger partial charge in [0.1, 0.15) is 0 Å². The molecule has 0 aliphatic rings. The van der Waals surface area contributed by atoms with Gasteiger partial charge in [-0.1, -0.05) is 32.0 Å². The third-order valence-electron chi connectivity index (χ3n) is 3.09. The Morgan fingerprint density at radius 3 is 2.18 bits per heavy atom. The number of rotatable bonds is 3. The minimum atomic E-state index is -3.64. The lowest BCUT2D eigenvalue weighted by Crippen LogP contribution is -2.14. The van der Waals surface area contributed by atoms with Crippen LogP contribution in [0.2, 0.25) is 0 Å². The summed E-state index contributed by atoms with van der Waals surface area (Å²) in [5.41, 5.74) is 2.54. The standard InChI is InChI=1S/C15H14N2O2S.C2H6/c1-11-8-13(10-16)9-15(12(11)2)17-20(18,19)14-6-4-3-5-7-14;1-2/h3-9,17H,1-2H3;1-2H3. The number of sulfonamides is 1. The first-order valence-electron chi connectivity index (χ1n) is 7.03. The van der Waals surface area contributed by atoms with Gasteiger partial charge in [-0.25, -0.2) is 8.42 Å². The van der Waals surface area contributed by atoms with E-state index in [4.69, 9.17) is 5.26 Å². The highest BCUT2D eigenvalue weighted by atomic mass is 32.2. The van der Waals surface area contributed by atoms with Gasteiger partial charge in [-0.05, 0) is 49.2 Å². The molecule has 22 heavy (non-hydrogen) atoms. The first kappa shape index (κ1) is 17.7. The second kappa shape index (κ2) is 7.62. The summed E-state index contributed by atoms with van der Waals surface area (Å²) in [7, 11) is -3.64. The molecule has 0 bridgehead atoms. The van der Waals surface area contributed by atoms with Gasteiger partial charge in [0.15, 0.2) is 0 Å². The number of benzene rings is 2. The minimum Gasteiger partial charge on any atom is -0.279 e.